The Hall–Kier alpha value is 0.274. The number of rotatable bonds is 10. The van der Waals surface area contributed by atoms with E-state index < -0.39 is 16.6 Å². The van der Waals surface area contributed by atoms with Crippen LogP contribution in [-0.2, 0) is 4.12 Å². The monoisotopic (exact) mass is 277 g/mol. The SMILES string of the molecule is CCCNC[Si](C)(C)O[Si](C)(C)CNCCN. The molecule has 0 atom stereocenters. The topological polar surface area (TPSA) is 59.3 Å². The lowest BCUT2D eigenvalue weighted by Gasteiger charge is -2.34. The van der Waals surface area contributed by atoms with Crippen LogP contribution in [-0.4, -0.2) is 48.6 Å². The molecule has 0 aliphatic carbocycles. The van der Waals surface area contributed by atoms with Crippen LogP contribution in [0, 0.1) is 0 Å². The molecule has 17 heavy (non-hydrogen) atoms. The largest absolute Gasteiger partial charge is 0.454 e. The summed E-state index contributed by atoms with van der Waals surface area (Å²) in [4.78, 5) is 0. The van der Waals surface area contributed by atoms with E-state index >= 15 is 0 Å². The molecule has 0 aromatic heterocycles. The van der Waals surface area contributed by atoms with Crippen LogP contribution in [0.5, 0.6) is 0 Å². The number of hydrogen-bond acceptors (Lipinski definition) is 4. The fourth-order valence-corrected chi connectivity index (χ4v) is 10.00. The van der Waals surface area contributed by atoms with Gasteiger partial charge in [0.25, 0.3) is 0 Å². The number of nitrogens with one attached hydrogen (secondary N) is 2. The molecule has 0 aromatic rings. The molecule has 4 N–H and O–H groups in total. The zero-order chi connectivity index (χ0) is 13.4. The van der Waals surface area contributed by atoms with Gasteiger partial charge in [0.1, 0.15) is 0 Å². The van der Waals surface area contributed by atoms with Crippen LogP contribution >= 0.6 is 0 Å². The molecule has 0 radical (unpaired) electrons. The molecule has 0 aliphatic heterocycles. The van der Waals surface area contributed by atoms with E-state index in [-0.39, 0.29) is 0 Å². The molecule has 0 rings (SSSR count). The Morgan fingerprint density at radius 2 is 1.41 bits per heavy atom. The molecule has 6 heteroatoms. The molecule has 0 saturated carbocycles. The van der Waals surface area contributed by atoms with Gasteiger partial charge in [0.05, 0.1) is 0 Å². The molecule has 0 fully saturated rings. The van der Waals surface area contributed by atoms with Gasteiger partial charge in [0.15, 0.2) is 16.6 Å². The highest BCUT2D eigenvalue weighted by Gasteiger charge is 2.32. The van der Waals surface area contributed by atoms with Crippen LogP contribution in [0.3, 0.4) is 0 Å². The molecule has 0 heterocycles. The van der Waals surface area contributed by atoms with E-state index in [1.54, 1.807) is 0 Å². The van der Waals surface area contributed by atoms with Gasteiger partial charge in [0.2, 0.25) is 0 Å². The highest BCUT2D eigenvalue weighted by Crippen LogP contribution is 2.13. The summed E-state index contributed by atoms with van der Waals surface area (Å²) >= 11 is 0. The van der Waals surface area contributed by atoms with Gasteiger partial charge in [0, 0.05) is 25.4 Å². The van der Waals surface area contributed by atoms with Crippen LogP contribution in [0.2, 0.25) is 26.2 Å². The Labute approximate surface area is 109 Å². The Morgan fingerprint density at radius 1 is 0.941 bits per heavy atom. The highest BCUT2D eigenvalue weighted by atomic mass is 28.4. The van der Waals surface area contributed by atoms with E-state index in [0.29, 0.717) is 6.54 Å². The Kier molecular flexibility index (Phi) is 8.52. The van der Waals surface area contributed by atoms with Crippen molar-refractivity contribution >= 4 is 16.6 Å². The molecule has 0 spiro atoms. The Morgan fingerprint density at radius 3 is 1.82 bits per heavy atom. The summed E-state index contributed by atoms with van der Waals surface area (Å²) in [5.41, 5.74) is 5.48. The zero-order valence-corrected chi connectivity index (χ0v) is 14.2. The van der Waals surface area contributed by atoms with Gasteiger partial charge >= 0.3 is 0 Å². The van der Waals surface area contributed by atoms with Crippen molar-refractivity contribution < 1.29 is 4.12 Å². The van der Waals surface area contributed by atoms with Crippen molar-refractivity contribution in [3.05, 3.63) is 0 Å². The first-order chi connectivity index (χ1) is 7.83. The lowest BCUT2D eigenvalue weighted by molar-refractivity contribution is 0.519. The minimum Gasteiger partial charge on any atom is -0.454 e. The fraction of sp³-hybridized carbons (Fsp3) is 1.00. The second-order valence-corrected chi connectivity index (χ2v) is 14.3. The molecule has 0 aromatic carbocycles. The lowest BCUT2D eigenvalue weighted by atomic mass is 10.5. The smallest absolute Gasteiger partial charge is 0.187 e. The minimum absolute atomic E-state index is 0.698. The van der Waals surface area contributed by atoms with Crippen molar-refractivity contribution in [1.82, 2.24) is 10.6 Å². The number of nitrogens with two attached hydrogens (primary N) is 1. The van der Waals surface area contributed by atoms with Crippen LogP contribution in [0.25, 0.3) is 0 Å². The minimum atomic E-state index is -1.58. The van der Waals surface area contributed by atoms with Gasteiger partial charge in [-0.2, -0.15) is 0 Å². The average molecular weight is 278 g/mol. The summed E-state index contributed by atoms with van der Waals surface area (Å²) in [5, 5.41) is 6.86. The summed E-state index contributed by atoms with van der Waals surface area (Å²) in [6.07, 6.45) is 3.23. The molecule has 104 valence electrons. The van der Waals surface area contributed by atoms with E-state index in [0.717, 1.165) is 25.4 Å². The maximum Gasteiger partial charge on any atom is 0.187 e. The first-order valence-corrected chi connectivity index (χ1v) is 12.9. The summed E-state index contributed by atoms with van der Waals surface area (Å²) in [6.45, 7) is 14.0. The summed E-state index contributed by atoms with van der Waals surface area (Å²) in [5.74, 6) is 0. The van der Waals surface area contributed by atoms with Crippen LogP contribution in [0.4, 0.5) is 0 Å². The predicted octanol–water partition coefficient (Wildman–Crippen LogP) is 1.04. The molecule has 0 bridgehead atoms. The molecule has 0 unspecified atom stereocenters. The normalized spacial score (nSPS) is 13.1. The summed E-state index contributed by atoms with van der Waals surface area (Å²) < 4.78 is 6.43. The van der Waals surface area contributed by atoms with Crippen LogP contribution in [0.15, 0.2) is 0 Å². The summed E-state index contributed by atoms with van der Waals surface area (Å²) in [7, 11) is -3.14. The van der Waals surface area contributed by atoms with Crippen molar-refractivity contribution in [2.75, 3.05) is 32.0 Å². The Balaban J connectivity index is 3.99. The van der Waals surface area contributed by atoms with Gasteiger partial charge in [-0.1, -0.05) is 6.92 Å². The maximum atomic E-state index is 6.43. The number of hydrogen-bond donors (Lipinski definition) is 3. The van der Waals surface area contributed by atoms with Gasteiger partial charge < -0.3 is 20.5 Å². The van der Waals surface area contributed by atoms with Gasteiger partial charge in [-0.05, 0) is 39.2 Å². The third-order valence-corrected chi connectivity index (χ3v) is 9.03. The first kappa shape index (κ1) is 17.3. The van der Waals surface area contributed by atoms with Gasteiger partial charge in [-0.3, -0.25) is 0 Å². The van der Waals surface area contributed by atoms with Crippen molar-refractivity contribution in [1.29, 1.82) is 0 Å². The van der Waals surface area contributed by atoms with E-state index in [2.05, 4.69) is 43.7 Å². The second-order valence-electron chi connectivity index (χ2n) is 5.76. The second kappa shape index (κ2) is 8.39. The standard InChI is InChI=1S/C11H31N3OSi2/c1-6-8-13-10-16(2,3)15-17(4,5)11-14-9-7-12/h13-14H,6-12H2,1-5H3. The van der Waals surface area contributed by atoms with Crippen LogP contribution < -0.4 is 16.4 Å². The average Bonchev–Trinajstić information content (AvgIpc) is 2.16. The van der Waals surface area contributed by atoms with Crippen molar-refractivity contribution in [2.24, 2.45) is 5.73 Å². The molecule has 0 saturated heterocycles. The molecular formula is C11H31N3OSi2. The van der Waals surface area contributed by atoms with E-state index in [9.17, 15) is 0 Å². The van der Waals surface area contributed by atoms with E-state index in [1.165, 1.54) is 6.42 Å². The quantitative estimate of drug-likeness (QED) is 0.412. The molecule has 0 aliphatic rings. The predicted molar refractivity (Wildman–Crippen MR) is 81.1 cm³/mol. The van der Waals surface area contributed by atoms with Crippen LogP contribution in [0.1, 0.15) is 13.3 Å². The zero-order valence-electron chi connectivity index (χ0n) is 12.2. The fourth-order valence-electron chi connectivity index (χ4n) is 1.88. The highest BCUT2D eigenvalue weighted by molar-refractivity contribution is 6.85. The van der Waals surface area contributed by atoms with Crippen molar-refractivity contribution in [3.63, 3.8) is 0 Å². The molecule has 0 amide bonds. The molecular weight excluding hydrogens is 246 g/mol. The Bertz CT molecular complexity index is 181. The maximum absolute atomic E-state index is 6.43. The van der Waals surface area contributed by atoms with Crippen molar-refractivity contribution in [2.45, 2.75) is 39.5 Å². The van der Waals surface area contributed by atoms with E-state index in [1.807, 2.05) is 0 Å². The molecule has 4 nitrogen and oxygen atoms in total. The third-order valence-electron chi connectivity index (χ3n) is 2.40. The van der Waals surface area contributed by atoms with Gasteiger partial charge in [-0.25, -0.2) is 0 Å². The van der Waals surface area contributed by atoms with E-state index in [4.69, 9.17) is 9.85 Å². The third kappa shape index (κ3) is 9.93. The van der Waals surface area contributed by atoms with Gasteiger partial charge in [-0.15, -0.1) is 0 Å². The van der Waals surface area contributed by atoms with Crippen molar-refractivity contribution in [3.8, 4) is 0 Å². The summed E-state index contributed by atoms with van der Waals surface area (Å²) in [6, 6.07) is 0. The first-order valence-electron chi connectivity index (χ1n) is 6.64. The lowest BCUT2D eigenvalue weighted by Crippen LogP contribution is -2.55.